The summed E-state index contributed by atoms with van der Waals surface area (Å²) in [4.78, 5) is 0. The van der Waals surface area contributed by atoms with Crippen molar-refractivity contribution in [2.45, 2.75) is 50.0 Å². The van der Waals surface area contributed by atoms with Gasteiger partial charge in [-0.2, -0.15) is 0 Å². The van der Waals surface area contributed by atoms with Gasteiger partial charge in [0.25, 0.3) is 0 Å². The lowest BCUT2D eigenvalue weighted by atomic mass is 9.67. The second-order valence-electron chi connectivity index (χ2n) is 5.90. The van der Waals surface area contributed by atoms with Gasteiger partial charge in [0.05, 0.1) is 0 Å². The Kier molecular flexibility index (Phi) is 1.66. The van der Waals surface area contributed by atoms with Gasteiger partial charge in [0.2, 0.25) is 0 Å². The van der Waals surface area contributed by atoms with Gasteiger partial charge in [-0.05, 0) is 35.8 Å². The van der Waals surface area contributed by atoms with E-state index in [1.165, 1.54) is 30.4 Å². The molecule has 2 N–H and O–H groups in total. The van der Waals surface area contributed by atoms with Crippen LogP contribution in [0.5, 0.6) is 0 Å². The Bertz CT molecular complexity index is 408. The Hall–Kier alpha value is -0.820. The molecule has 2 aliphatic carbocycles. The van der Waals surface area contributed by atoms with Crippen LogP contribution in [0.3, 0.4) is 0 Å². The summed E-state index contributed by atoms with van der Waals surface area (Å²) in [6.07, 6.45) is 3.75. The molecule has 1 fully saturated rings. The SMILES string of the molecule is CC1(C)CC[C@]2(C[C@@H]2N)c2ccccc21. The van der Waals surface area contributed by atoms with E-state index >= 15 is 0 Å². The fourth-order valence-corrected chi connectivity index (χ4v) is 3.24. The Morgan fingerprint density at radius 1 is 1.13 bits per heavy atom. The van der Waals surface area contributed by atoms with Crippen molar-refractivity contribution in [2.75, 3.05) is 0 Å². The molecule has 0 saturated heterocycles. The molecule has 3 rings (SSSR count). The number of fused-ring (bicyclic) bond motifs is 2. The average Bonchev–Trinajstić information content (AvgIpc) is 2.87. The predicted octanol–water partition coefficient (Wildman–Crippen LogP) is 2.73. The van der Waals surface area contributed by atoms with Crippen LogP contribution in [0.2, 0.25) is 0 Å². The largest absolute Gasteiger partial charge is 0.327 e. The Morgan fingerprint density at radius 3 is 2.33 bits per heavy atom. The van der Waals surface area contributed by atoms with Crippen LogP contribution in [-0.4, -0.2) is 6.04 Å². The van der Waals surface area contributed by atoms with E-state index in [2.05, 4.69) is 38.1 Å². The second-order valence-corrected chi connectivity index (χ2v) is 5.90. The second kappa shape index (κ2) is 2.65. The highest BCUT2D eigenvalue weighted by molar-refractivity contribution is 5.47. The lowest BCUT2D eigenvalue weighted by molar-refractivity contribution is 0.377. The molecule has 1 heteroatoms. The van der Waals surface area contributed by atoms with Gasteiger partial charge in [0.15, 0.2) is 0 Å². The van der Waals surface area contributed by atoms with Crippen LogP contribution in [-0.2, 0) is 10.8 Å². The van der Waals surface area contributed by atoms with Crippen LogP contribution in [0.4, 0.5) is 0 Å². The molecule has 1 spiro atoms. The molecule has 0 aliphatic heterocycles. The van der Waals surface area contributed by atoms with E-state index in [9.17, 15) is 0 Å². The molecule has 0 unspecified atom stereocenters. The highest BCUT2D eigenvalue weighted by Gasteiger charge is 2.56. The topological polar surface area (TPSA) is 26.0 Å². The molecule has 2 aliphatic rings. The molecule has 1 aromatic rings. The fourth-order valence-electron chi connectivity index (χ4n) is 3.24. The fraction of sp³-hybridized carbons (Fsp3) is 0.571. The van der Waals surface area contributed by atoms with Crippen molar-refractivity contribution >= 4 is 0 Å². The van der Waals surface area contributed by atoms with E-state index in [1.807, 2.05) is 0 Å². The molecule has 1 aromatic carbocycles. The zero-order valence-corrected chi connectivity index (χ0v) is 9.59. The average molecular weight is 201 g/mol. The summed E-state index contributed by atoms with van der Waals surface area (Å²) in [6, 6.07) is 9.32. The summed E-state index contributed by atoms with van der Waals surface area (Å²) in [5.41, 5.74) is 9.89. The van der Waals surface area contributed by atoms with Crippen LogP contribution in [0.1, 0.15) is 44.2 Å². The van der Waals surface area contributed by atoms with Gasteiger partial charge < -0.3 is 5.73 Å². The first kappa shape index (κ1) is 9.41. The van der Waals surface area contributed by atoms with Crippen molar-refractivity contribution in [3.8, 4) is 0 Å². The molecule has 80 valence electrons. The Labute approximate surface area is 91.7 Å². The normalized spacial score (nSPS) is 36.3. The number of nitrogens with two attached hydrogens (primary N) is 1. The predicted molar refractivity (Wildman–Crippen MR) is 63.0 cm³/mol. The number of rotatable bonds is 0. The first-order valence-corrected chi connectivity index (χ1v) is 5.92. The van der Waals surface area contributed by atoms with Crippen molar-refractivity contribution in [3.05, 3.63) is 35.4 Å². The third-order valence-electron chi connectivity index (χ3n) is 4.52. The zero-order valence-electron chi connectivity index (χ0n) is 9.59. The van der Waals surface area contributed by atoms with Crippen LogP contribution in [0.25, 0.3) is 0 Å². The summed E-state index contributed by atoms with van der Waals surface area (Å²) in [5.74, 6) is 0. The highest BCUT2D eigenvalue weighted by Crippen LogP contribution is 2.57. The van der Waals surface area contributed by atoms with E-state index in [0.717, 1.165) is 0 Å². The van der Waals surface area contributed by atoms with Gasteiger partial charge in [-0.3, -0.25) is 0 Å². The third-order valence-corrected chi connectivity index (χ3v) is 4.52. The first-order chi connectivity index (χ1) is 7.06. The lowest BCUT2D eigenvalue weighted by Gasteiger charge is -2.37. The van der Waals surface area contributed by atoms with Crippen LogP contribution in [0.15, 0.2) is 24.3 Å². The maximum absolute atomic E-state index is 6.14. The van der Waals surface area contributed by atoms with Crippen molar-refractivity contribution in [2.24, 2.45) is 5.73 Å². The van der Waals surface area contributed by atoms with Crippen molar-refractivity contribution < 1.29 is 0 Å². The minimum Gasteiger partial charge on any atom is -0.327 e. The number of hydrogen-bond acceptors (Lipinski definition) is 1. The van der Waals surface area contributed by atoms with E-state index in [0.29, 0.717) is 16.9 Å². The molecular formula is C14H19N. The Morgan fingerprint density at radius 2 is 1.73 bits per heavy atom. The third kappa shape index (κ3) is 1.13. The van der Waals surface area contributed by atoms with E-state index < -0.39 is 0 Å². The zero-order chi connectivity index (χ0) is 10.7. The van der Waals surface area contributed by atoms with Crippen LogP contribution >= 0.6 is 0 Å². The van der Waals surface area contributed by atoms with Gasteiger partial charge in [-0.1, -0.05) is 38.1 Å². The molecular weight excluding hydrogens is 182 g/mol. The molecule has 1 saturated carbocycles. The van der Waals surface area contributed by atoms with Gasteiger partial charge in [0.1, 0.15) is 0 Å². The van der Waals surface area contributed by atoms with Gasteiger partial charge in [-0.15, -0.1) is 0 Å². The standard InChI is InChI=1S/C14H19N/c1-13(2)7-8-14(9-12(14)15)11-6-4-3-5-10(11)13/h3-6,12H,7-9,15H2,1-2H3/t12-,14-/m0/s1. The maximum Gasteiger partial charge on any atom is 0.0146 e. The van der Waals surface area contributed by atoms with Crippen LogP contribution in [0, 0.1) is 0 Å². The first-order valence-electron chi connectivity index (χ1n) is 5.92. The monoisotopic (exact) mass is 201 g/mol. The molecule has 0 radical (unpaired) electrons. The lowest BCUT2D eigenvalue weighted by Crippen LogP contribution is -2.32. The highest BCUT2D eigenvalue weighted by atomic mass is 14.8. The molecule has 15 heavy (non-hydrogen) atoms. The molecule has 0 bridgehead atoms. The maximum atomic E-state index is 6.14. The minimum atomic E-state index is 0.337. The van der Waals surface area contributed by atoms with Gasteiger partial charge in [0, 0.05) is 11.5 Å². The van der Waals surface area contributed by atoms with Gasteiger partial charge >= 0.3 is 0 Å². The summed E-state index contributed by atoms with van der Waals surface area (Å²) in [5, 5.41) is 0. The van der Waals surface area contributed by atoms with E-state index in [-0.39, 0.29) is 0 Å². The van der Waals surface area contributed by atoms with Crippen LogP contribution < -0.4 is 5.73 Å². The smallest absolute Gasteiger partial charge is 0.0146 e. The molecule has 1 nitrogen and oxygen atoms in total. The van der Waals surface area contributed by atoms with Crippen molar-refractivity contribution in [3.63, 3.8) is 0 Å². The Balaban J connectivity index is 2.17. The molecule has 0 heterocycles. The summed E-state index contributed by atoms with van der Waals surface area (Å²) in [7, 11) is 0. The van der Waals surface area contributed by atoms with E-state index in [4.69, 9.17) is 5.73 Å². The molecule has 2 atom stereocenters. The molecule has 0 amide bonds. The molecule has 0 aromatic heterocycles. The number of benzene rings is 1. The summed E-state index contributed by atoms with van der Waals surface area (Å²) in [6.45, 7) is 4.71. The van der Waals surface area contributed by atoms with Gasteiger partial charge in [-0.25, -0.2) is 0 Å². The number of hydrogen-bond donors (Lipinski definition) is 1. The van der Waals surface area contributed by atoms with Crippen molar-refractivity contribution in [1.82, 2.24) is 0 Å². The minimum absolute atomic E-state index is 0.337. The summed E-state index contributed by atoms with van der Waals surface area (Å²) < 4.78 is 0. The summed E-state index contributed by atoms with van der Waals surface area (Å²) >= 11 is 0. The van der Waals surface area contributed by atoms with Crippen molar-refractivity contribution in [1.29, 1.82) is 0 Å². The van der Waals surface area contributed by atoms with E-state index in [1.54, 1.807) is 0 Å². The quantitative estimate of drug-likeness (QED) is 0.686.